The third kappa shape index (κ3) is 22.2. The number of carboxylic acid groups (broad SMARTS) is 2. The Morgan fingerprint density at radius 1 is 0.636 bits per heavy atom. The van der Waals surface area contributed by atoms with Crippen molar-refractivity contribution in [3.63, 3.8) is 0 Å². The van der Waals surface area contributed by atoms with Crippen LogP contribution >= 0.6 is 22.7 Å². The van der Waals surface area contributed by atoms with E-state index in [9.17, 15) is 53.4 Å². The number of thiazole rings is 2. The normalized spacial score (nSPS) is 19.0. The molecule has 4 heterocycles. The number of nitrogens with zero attached hydrogens (tertiary/aromatic N) is 6. The van der Waals surface area contributed by atoms with E-state index in [1.165, 1.54) is 30.6 Å². The second-order valence-electron chi connectivity index (χ2n) is 25.3. The highest BCUT2D eigenvalue weighted by atomic mass is 32.1. The standard InChI is InChI=1S/C39H58N4O7S.C27H43N3O6S/c1-9-25(4)30(21-34(45)32-17-13-14-18-42(32)7)38(47)43(8)33(24(2)3)22-35(50-27(6)44)37-41-31(23-51-37)36(46)40-29(19-26(5)39(48)49)20-28-15-11-10-12-16-28;1-8-17(4)19(13-23(32)21-11-9-10-12-29(21)6)26(33)30(7)22(16(2)3)14-24(36-18(5)31)25-28-20(15-37-25)27(34)35/h10-12,15-16,23-26,29-30,32-33,35H,9,13-14,17-22H2,1-8H3,(H,40,46)(H,48,49);15-17,19,21-22,24H,8-14H2,1-7H3,(H,34,35)/t25-,26-,29+,30-,32+,33+,35+;17-,19-,21+,22+,24+/m00/s1. The zero-order chi connectivity index (χ0) is 65.7. The van der Waals surface area contributed by atoms with Crippen molar-refractivity contribution >= 4 is 75.8 Å². The number of carbonyl (C=O) groups excluding carboxylic acids is 7. The number of esters is 2. The number of likely N-dealkylation sites (N-methyl/N-ethyl adjacent to an activating group) is 2. The number of hydrogen-bond donors (Lipinski definition) is 3. The number of benzene rings is 1. The lowest BCUT2D eigenvalue weighted by Crippen LogP contribution is -2.48. The maximum Gasteiger partial charge on any atom is 0.355 e. The Hall–Kier alpha value is -5.97. The Kier molecular flexibility index (Phi) is 30.5. The molecule has 0 aliphatic carbocycles. The van der Waals surface area contributed by atoms with E-state index in [-0.39, 0.29) is 115 Å². The van der Waals surface area contributed by atoms with E-state index in [0.29, 0.717) is 16.4 Å². The number of aromatic nitrogens is 2. The van der Waals surface area contributed by atoms with E-state index < -0.39 is 65.8 Å². The second-order valence-corrected chi connectivity index (χ2v) is 27.1. The average molecular weight is 1260 g/mol. The van der Waals surface area contributed by atoms with E-state index in [4.69, 9.17) is 9.47 Å². The largest absolute Gasteiger partial charge is 0.481 e. The molecule has 490 valence electrons. The minimum absolute atomic E-state index is 0.000823. The van der Waals surface area contributed by atoms with Crippen LogP contribution < -0.4 is 5.32 Å². The number of Topliss-reactive ketones (excluding diaryl/α,β-unsaturated/α-hetero) is 2. The Morgan fingerprint density at radius 3 is 1.42 bits per heavy atom. The van der Waals surface area contributed by atoms with Crippen molar-refractivity contribution in [2.45, 2.75) is 208 Å². The summed E-state index contributed by atoms with van der Waals surface area (Å²) in [5.74, 6) is -5.07. The third-order valence-electron chi connectivity index (χ3n) is 17.9. The van der Waals surface area contributed by atoms with Crippen LogP contribution in [-0.4, -0.2) is 164 Å². The highest BCUT2D eigenvalue weighted by Crippen LogP contribution is 2.35. The number of ketones is 2. The summed E-state index contributed by atoms with van der Waals surface area (Å²) in [6, 6.07) is 8.13. The first-order valence-electron chi connectivity index (χ1n) is 31.5. The van der Waals surface area contributed by atoms with Crippen molar-refractivity contribution < 1.29 is 62.8 Å². The average Bonchev–Trinajstić information content (AvgIpc) is 4.23. The number of aliphatic carboxylic acids is 1. The molecule has 22 heteroatoms. The molecular weight excluding hydrogens is 1160 g/mol. The fraction of sp³-hybridized carbons (Fsp3) is 0.682. The quantitative estimate of drug-likeness (QED) is 0.0491. The predicted octanol–water partition coefficient (Wildman–Crippen LogP) is 10.6. The molecule has 0 radical (unpaired) electrons. The van der Waals surface area contributed by atoms with Gasteiger partial charge in [0, 0.05) is 94.3 Å². The molecule has 20 nitrogen and oxygen atoms in total. The van der Waals surface area contributed by atoms with Gasteiger partial charge >= 0.3 is 23.9 Å². The third-order valence-corrected chi connectivity index (χ3v) is 19.8. The van der Waals surface area contributed by atoms with Crippen molar-refractivity contribution in [3.8, 4) is 0 Å². The Balaban J connectivity index is 0.000000396. The Bertz CT molecular complexity index is 2770. The van der Waals surface area contributed by atoms with Gasteiger partial charge < -0.3 is 34.8 Å². The Morgan fingerprint density at radius 2 is 1.06 bits per heavy atom. The number of carboxylic acids is 2. The monoisotopic (exact) mass is 1260 g/mol. The van der Waals surface area contributed by atoms with Gasteiger partial charge in [-0.25, -0.2) is 14.8 Å². The molecule has 1 aromatic carbocycles. The number of nitrogens with one attached hydrogen (secondary N) is 1. The first kappa shape index (κ1) is 74.5. The Labute approximate surface area is 530 Å². The van der Waals surface area contributed by atoms with Crippen molar-refractivity contribution in [3.05, 3.63) is 68.1 Å². The number of aromatic carboxylic acids is 1. The van der Waals surface area contributed by atoms with Gasteiger partial charge in [-0.3, -0.25) is 48.2 Å². The molecule has 5 rings (SSSR count). The van der Waals surface area contributed by atoms with Gasteiger partial charge in [0.25, 0.3) is 5.91 Å². The number of ether oxygens (including phenoxy) is 2. The number of carbonyl (C=O) groups is 9. The van der Waals surface area contributed by atoms with Crippen LogP contribution in [0.1, 0.15) is 208 Å². The molecule has 0 spiro atoms. The minimum Gasteiger partial charge on any atom is -0.481 e. The lowest BCUT2D eigenvalue weighted by atomic mass is 9.83. The van der Waals surface area contributed by atoms with Gasteiger partial charge in [0.2, 0.25) is 11.8 Å². The van der Waals surface area contributed by atoms with Crippen LogP contribution in [0.2, 0.25) is 0 Å². The van der Waals surface area contributed by atoms with Gasteiger partial charge in [-0.2, -0.15) is 0 Å². The van der Waals surface area contributed by atoms with E-state index in [2.05, 4.69) is 25.1 Å². The lowest BCUT2D eigenvalue weighted by molar-refractivity contribution is -0.150. The smallest absolute Gasteiger partial charge is 0.355 e. The molecule has 2 saturated heterocycles. The summed E-state index contributed by atoms with van der Waals surface area (Å²) in [7, 11) is 7.46. The summed E-state index contributed by atoms with van der Waals surface area (Å²) < 4.78 is 11.3. The van der Waals surface area contributed by atoms with Crippen LogP contribution in [-0.2, 0) is 49.5 Å². The molecule has 2 aliphatic rings. The molecule has 2 fully saturated rings. The zero-order valence-electron chi connectivity index (χ0n) is 54.8. The molecule has 88 heavy (non-hydrogen) atoms. The van der Waals surface area contributed by atoms with Gasteiger partial charge in [0.1, 0.15) is 15.7 Å². The van der Waals surface area contributed by atoms with E-state index in [1.54, 1.807) is 36.2 Å². The number of piperidine rings is 2. The van der Waals surface area contributed by atoms with Gasteiger partial charge in [-0.1, -0.05) is 118 Å². The van der Waals surface area contributed by atoms with Crippen LogP contribution in [0.25, 0.3) is 0 Å². The molecule has 0 bridgehead atoms. The summed E-state index contributed by atoms with van der Waals surface area (Å²) in [6.45, 7) is 22.1. The SMILES string of the molecule is CC[C@H](C)[C@H](CC(=O)[C@H]1CCCCN1C)C(=O)N(C)[C@H](C[C@@H](OC(C)=O)c1nc(C(=O)N[C@@H](Cc2ccccc2)C[C@H](C)C(=O)O)cs1)C(C)C.CC[C@H](C)[C@H](CC(=O)[C@H]1CCCCN1C)C(=O)N(C)[C@H](C[C@@H](OC(C)=O)c1nc(C(=O)O)cs1)C(C)C. The van der Waals surface area contributed by atoms with Gasteiger partial charge in [-0.05, 0) is 94.9 Å². The summed E-state index contributed by atoms with van der Waals surface area (Å²) in [4.78, 5) is 132. The highest BCUT2D eigenvalue weighted by molar-refractivity contribution is 7.10. The number of amides is 3. The lowest BCUT2D eigenvalue weighted by Gasteiger charge is -2.37. The van der Waals surface area contributed by atoms with Gasteiger partial charge in [0.15, 0.2) is 29.5 Å². The molecule has 12 atom stereocenters. The molecule has 3 N–H and O–H groups in total. The van der Waals surface area contributed by atoms with Crippen molar-refractivity contribution in [2.24, 2.45) is 41.4 Å². The molecule has 3 aromatic rings. The second kappa shape index (κ2) is 36.0. The maximum absolute atomic E-state index is 14.2. The van der Waals surface area contributed by atoms with Gasteiger partial charge in [0.05, 0.1) is 18.0 Å². The predicted molar refractivity (Wildman–Crippen MR) is 341 cm³/mol. The van der Waals surface area contributed by atoms with Crippen LogP contribution in [0.3, 0.4) is 0 Å². The fourth-order valence-corrected chi connectivity index (χ4v) is 13.8. The highest BCUT2D eigenvalue weighted by Gasteiger charge is 2.40. The summed E-state index contributed by atoms with van der Waals surface area (Å²) in [6.07, 6.45) is 7.39. The summed E-state index contributed by atoms with van der Waals surface area (Å²) in [5.41, 5.74) is 1.00. The van der Waals surface area contributed by atoms with E-state index in [0.717, 1.165) is 81.4 Å². The molecule has 3 amide bonds. The summed E-state index contributed by atoms with van der Waals surface area (Å²) in [5, 5.41) is 25.6. The van der Waals surface area contributed by atoms with Crippen molar-refractivity contribution in [1.29, 1.82) is 0 Å². The van der Waals surface area contributed by atoms with E-state index >= 15 is 0 Å². The number of hydrogen-bond acceptors (Lipinski definition) is 17. The molecule has 2 aliphatic heterocycles. The first-order chi connectivity index (χ1) is 41.5. The van der Waals surface area contributed by atoms with Crippen LogP contribution in [0.4, 0.5) is 0 Å². The number of likely N-dealkylation sites (tertiary alicyclic amines) is 2. The molecular formula is C66H101N7O13S2. The molecule has 0 unspecified atom stereocenters. The topological polar surface area (TPSA) is 263 Å². The van der Waals surface area contributed by atoms with Crippen LogP contribution in [0.15, 0.2) is 41.1 Å². The first-order valence-corrected chi connectivity index (χ1v) is 33.3. The van der Waals surface area contributed by atoms with E-state index in [1.807, 2.05) is 99.8 Å². The van der Waals surface area contributed by atoms with Crippen LogP contribution in [0.5, 0.6) is 0 Å². The zero-order valence-corrected chi connectivity index (χ0v) is 56.5. The van der Waals surface area contributed by atoms with Gasteiger partial charge in [-0.15, -0.1) is 22.7 Å². The minimum atomic E-state index is -1.15. The molecule has 2 aromatic heterocycles. The number of rotatable bonds is 32. The summed E-state index contributed by atoms with van der Waals surface area (Å²) >= 11 is 2.31. The van der Waals surface area contributed by atoms with Crippen molar-refractivity contribution in [1.82, 2.24) is 34.9 Å². The maximum atomic E-state index is 14.2. The fourth-order valence-electron chi connectivity index (χ4n) is 12.1. The molecule has 0 saturated carbocycles. The van der Waals surface area contributed by atoms with Crippen LogP contribution in [0, 0.1) is 41.4 Å². The van der Waals surface area contributed by atoms with Crippen molar-refractivity contribution in [2.75, 3.05) is 41.3 Å².